The van der Waals surface area contributed by atoms with Gasteiger partial charge in [-0.05, 0) is 30.4 Å². The van der Waals surface area contributed by atoms with Gasteiger partial charge < -0.3 is 10.3 Å². The highest BCUT2D eigenvalue weighted by Gasteiger charge is 2.30. The molecular formula is C14H20FN3O. The number of para-hydroxylation sites is 1. The lowest BCUT2D eigenvalue weighted by Gasteiger charge is -2.19. The smallest absolute Gasteiger partial charge is 0.256 e. The summed E-state index contributed by atoms with van der Waals surface area (Å²) in [6.07, 6.45) is 1.00. The topological polar surface area (TPSA) is 58.4 Å². The minimum Gasteiger partial charge on any atom is -0.338 e. The lowest BCUT2D eigenvalue weighted by molar-refractivity contribution is 0.0784. The number of likely N-dealkylation sites (tertiary alicyclic amines) is 1. The molecule has 1 saturated heterocycles. The van der Waals surface area contributed by atoms with Crippen molar-refractivity contribution in [3.63, 3.8) is 0 Å². The van der Waals surface area contributed by atoms with E-state index in [1.807, 2.05) is 0 Å². The van der Waals surface area contributed by atoms with E-state index in [1.54, 1.807) is 11.0 Å². The summed E-state index contributed by atoms with van der Waals surface area (Å²) in [7, 11) is 0. The lowest BCUT2D eigenvalue weighted by atomic mass is 9.95. The summed E-state index contributed by atoms with van der Waals surface area (Å²) in [6, 6.07) is 4.41. The van der Waals surface area contributed by atoms with Crippen molar-refractivity contribution in [3.05, 3.63) is 29.6 Å². The van der Waals surface area contributed by atoms with E-state index >= 15 is 0 Å². The van der Waals surface area contributed by atoms with Gasteiger partial charge in [-0.2, -0.15) is 0 Å². The second kappa shape index (κ2) is 5.57. The number of anilines is 1. The number of carbonyl (C=O) groups excluding carboxylic acids is 1. The van der Waals surface area contributed by atoms with Crippen LogP contribution in [0.5, 0.6) is 0 Å². The molecule has 1 unspecified atom stereocenters. The molecule has 5 heteroatoms. The fourth-order valence-electron chi connectivity index (χ4n) is 2.54. The number of benzene rings is 1. The van der Waals surface area contributed by atoms with Crippen LogP contribution in [0.4, 0.5) is 10.1 Å². The Morgan fingerprint density at radius 3 is 2.84 bits per heavy atom. The normalized spacial score (nSPS) is 19.0. The average Bonchev–Trinajstić information content (AvgIpc) is 2.87. The van der Waals surface area contributed by atoms with Gasteiger partial charge in [-0.3, -0.25) is 10.6 Å². The van der Waals surface area contributed by atoms with Crippen molar-refractivity contribution in [2.45, 2.75) is 20.3 Å². The highest BCUT2D eigenvalue weighted by atomic mass is 19.1. The van der Waals surface area contributed by atoms with Crippen molar-refractivity contribution < 1.29 is 9.18 Å². The van der Waals surface area contributed by atoms with Gasteiger partial charge in [0, 0.05) is 13.1 Å². The van der Waals surface area contributed by atoms with Gasteiger partial charge in [0.1, 0.15) is 5.82 Å². The standard InChI is InChI=1S/C14H20FN3O/c1-9(2)10-6-7-18(8-10)14(19)11-4-3-5-12(15)13(11)17-16/h3-5,9-10,17H,6-8,16H2,1-2H3. The molecule has 0 spiro atoms. The Morgan fingerprint density at radius 1 is 1.53 bits per heavy atom. The van der Waals surface area contributed by atoms with Crippen LogP contribution in [0.2, 0.25) is 0 Å². The molecule has 1 atom stereocenters. The van der Waals surface area contributed by atoms with Crippen molar-refractivity contribution in [2.75, 3.05) is 18.5 Å². The highest BCUT2D eigenvalue weighted by Crippen LogP contribution is 2.27. The molecule has 1 aromatic carbocycles. The third kappa shape index (κ3) is 2.71. The third-order valence-electron chi connectivity index (χ3n) is 3.84. The molecule has 0 aliphatic carbocycles. The van der Waals surface area contributed by atoms with Gasteiger partial charge in [0.2, 0.25) is 0 Å². The van der Waals surface area contributed by atoms with E-state index < -0.39 is 5.82 Å². The van der Waals surface area contributed by atoms with E-state index in [-0.39, 0.29) is 11.6 Å². The number of rotatable bonds is 3. The minimum absolute atomic E-state index is 0.0699. The monoisotopic (exact) mass is 265 g/mol. The van der Waals surface area contributed by atoms with Crippen LogP contribution < -0.4 is 11.3 Å². The highest BCUT2D eigenvalue weighted by molar-refractivity contribution is 5.99. The molecule has 1 aliphatic rings. The third-order valence-corrected chi connectivity index (χ3v) is 3.84. The van der Waals surface area contributed by atoms with Crippen molar-refractivity contribution in [1.29, 1.82) is 0 Å². The quantitative estimate of drug-likeness (QED) is 0.651. The Kier molecular flexibility index (Phi) is 4.04. The van der Waals surface area contributed by atoms with Crippen LogP contribution in [0, 0.1) is 17.7 Å². The van der Waals surface area contributed by atoms with Crippen LogP contribution in [-0.4, -0.2) is 23.9 Å². The van der Waals surface area contributed by atoms with Crippen molar-refractivity contribution in [3.8, 4) is 0 Å². The predicted octanol–water partition coefficient (Wildman–Crippen LogP) is 2.23. The fourth-order valence-corrected chi connectivity index (χ4v) is 2.54. The first-order valence-corrected chi connectivity index (χ1v) is 6.59. The number of nitrogen functional groups attached to an aromatic ring is 1. The van der Waals surface area contributed by atoms with Crippen LogP contribution in [0.1, 0.15) is 30.6 Å². The average molecular weight is 265 g/mol. The van der Waals surface area contributed by atoms with Crippen LogP contribution in [-0.2, 0) is 0 Å². The number of nitrogens with one attached hydrogen (secondary N) is 1. The zero-order valence-electron chi connectivity index (χ0n) is 11.3. The number of hydrogen-bond acceptors (Lipinski definition) is 3. The SMILES string of the molecule is CC(C)C1CCN(C(=O)c2cccc(F)c2NN)C1. The molecule has 2 rings (SSSR count). The van der Waals surface area contributed by atoms with Gasteiger partial charge in [0.15, 0.2) is 0 Å². The number of hydrazine groups is 1. The number of nitrogens with two attached hydrogens (primary N) is 1. The second-order valence-electron chi connectivity index (χ2n) is 5.35. The van der Waals surface area contributed by atoms with Gasteiger partial charge in [0.25, 0.3) is 5.91 Å². The van der Waals surface area contributed by atoms with Crippen molar-refractivity contribution in [2.24, 2.45) is 17.7 Å². The molecule has 4 nitrogen and oxygen atoms in total. The van der Waals surface area contributed by atoms with Crippen LogP contribution in [0.15, 0.2) is 18.2 Å². The van der Waals surface area contributed by atoms with E-state index in [4.69, 9.17) is 5.84 Å². The summed E-state index contributed by atoms with van der Waals surface area (Å²) in [4.78, 5) is 14.2. The van der Waals surface area contributed by atoms with Crippen LogP contribution in [0.25, 0.3) is 0 Å². The minimum atomic E-state index is -0.507. The van der Waals surface area contributed by atoms with Gasteiger partial charge in [-0.15, -0.1) is 0 Å². The van der Waals surface area contributed by atoms with E-state index in [0.29, 0.717) is 17.4 Å². The molecule has 0 radical (unpaired) electrons. The predicted molar refractivity (Wildman–Crippen MR) is 73.1 cm³/mol. The summed E-state index contributed by atoms with van der Waals surface area (Å²) in [5, 5.41) is 0. The zero-order valence-corrected chi connectivity index (χ0v) is 11.3. The van der Waals surface area contributed by atoms with Gasteiger partial charge in [-0.25, -0.2) is 4.39 Å². The molecular weight excluding hydrogens is 245 g/mol. The first kappa shape index (κ1) is 13.8. The second-order valence-corrected chi connectivity index (χ2v) is 5.35. The fraction of sp³-hybridized carbons (Fsp3) is 0.500. The van der Waals surface area contributed by atoms with E-state index in [1.165, 1.54) is 12.1 Å². The van der Waals surface area contributed by atoms with E-state index in [2.05, 4.69) is 19.3 Å². The molecule has 104 valence electrons. The Labute approximate surface area is 112 Å². The molecule has 0 aromatic heterocycles. The van der Waals surface area contributed by atoms with Gasteiger partial charge in [0.05, 0.1) is 11.3 Å². The summed E-state index contributed by atoms with van der Waals surface area (Å²) in [5.41, 5.74) is 2.65. The first-order valence-electron chi connectivity index (χ1n) is 6.59. The molecule has 1 aliphatic heterocycles. The Hall–Kier alpha value is -1.62. The van der Waals surface area contributed by atoms with Crippen LogP contribution >= 0.6 is 0 Å². The molecule has 1 aromatic rings. The first-order chi connectivity index (χ1) is 9.04. The Morgan fingerprint density at radius 2 is 2.26 bits per heavy atom. The molecule has 19 heavy (non-hydrogen) atoms. The number of hydrogen-bond donors (Lipinski definition) is 2. The molecule has 3 N–H and O–H groups in total. The molecule has 1 amide bonds. The van der Waals surface area contributed by atoms with Crippen molar-refractivity contribution >= 4 is 11.6 Å². The largest absolute Gasteiger partial charge is 0.338 e. The van der Waals surface area contributed by atoms with Gasteiger partial charge >= 0.3 is 0 Å². The lowest BCUT2D eigenvalue weighted by Crippen LogP contribution is -2.30. The van der Waals surface area contributed by atoms with E-state index in [0.717, 1.165) is 19.5 Å². The molecule has 0 saturated carbocycles. The van der Waals surface area contributed by atoms with Gasteiger partial charge in [-0.1, -0.05) is 19.9 Å². The molecule has 1 heterocycles. The van der Waals surface area contributed by atoms with Crippen molar-refractivity contribution in [1.82, 2.24) is 4.90 Å². The maximum absolute atomic E-state index is 13.6. The van der Waals surface area contributed by atoms with E-state index in [9.17, 15) is 9.18 Å². The van der Waals surface area contributed by atoms with Crippen LogP contribution in [0.3, 0.4) is 0 Å². The number of amides is 1. The Balaban J connectivity index is 2.19. The zero-order chi connectivity index (χ0) is 14.0. The summed E-state index contributed by atoms with van der Waals surface area (Å²) >= 11 is 0. The maximum Gasteiger partial charge on any atom is 0.256 e. The maximum atomic E-state index is 13.6. The number of carbonyl (C=O) groups is 1. The summed E-state index contributed by atoms with van der Waals surface area (Å²) in [6.45, 7) is 5.78. The Bertz CT molecular complexity index is 476. The summed E-state index contributed by atoms with van der Waals surface area (Å²) in [5.74, 6) is 5.71. The number of nitrogens with zero attached hydrogens (tertiary/aromatic N) is 1. The molecule has 1 fully saturated rings. The summed E-state index contributed by atoms with van der Waals surface area (Å²) < 4.78 is 13.6. The number of halogens is 1. The molecule has 0 bridgehead atoms.